The first-order valence-electron chi connectivity index (χ1n) is 14.7. The van der Waals surface area contributed by atoms with Gasteiger partial charge in [-0.15, -0.1) is 0 Å². The van der Waals surface area contributed by atoms with Crippen LogP contribution in [-0.2, 0) is 63.6 Å². The highest BCUT2D eigenvalue weighted by molar-refractivity contribution is 8.14. The van der Waals surface area contributed by atoms with E-state index in [1.165, 1.54) is 5.56 Å². The maximum absolute atomic E-state index is 6.29. The molecule has 0 bridgehead atoms. The summed E-state index contributed by atoms with van der Waals surface area (Å²) in [6.45, 7) is 1.37. The smallest absolute Gasteiger partial charge is 0.336 e. The van der Waals surface area contributed by atoms with Crippen molar-refractivity contribution in [3.63, 3.8) is 0 Å². The molecule has 0 aliphatic rings. The van der Waals surface area contributed by atoms with Gasteiger partial charge < -0.3 is 32.7 Å². The molecule has 43 heavy (non-hydrogen) atoms. The van der Waals surface area contributed by atoms with E-state index in [4.69, 9.17) is 60.2 Å². The summed E-state index contributed by atoms with van der Waals surface area (Å²) in [5.74, 6) is 1.67. The molecule has 2 rings (SSSR count). The number of nitrogens with zero attached hydrogens (tertiary/aromatic N) is 1. The Morgan fingerprint density at radius 1 is 0.791 bits per heavy atom. The van der Waals surface area contributed by atoms with E-state index in [1.807, 2.05) is 70.1 Å². The summed E-state index contributed by atoms with van der Waals surface area (Å²) >= 11 is 11.4. The Balaban J connectivity index is 2.05. The quantitative estimate of drug-likeness (QED) is 0.0818. The molecule has 13 heteroatoms. The van der Waals surface area contributed by atoms with E-state index in [2.05, 4.69) is 18.2 Å². The van der Waals surface area contributed by atoms with Crippen LogP contribution in [0.15, 0.2) is 48.5 Å². The fraction of sp³-hybridized carbons (Fsp3) is 0.600. The van der Waals surface area contributed by atoms with Gasteiger partial charge in [-0.25, -0.2) is 4.31 Å². The highest BCUT2D eigenvalue weighted by Gasteiger charge is 2.33. The molecule has 2 atom stereocenters. The maximum atomic E-state index is 6.29. The average molecular weight is 678 g/mol. The fourth-order valence-corrected chi connectivity index (χ4v) is 9.84. The second-order valence-corrected chi connectivity index (χ2v) is 16.2. The monoisotopic (exact) mass is 677 g/mol. The topological polar surface area (TPSA) is 77.1 Å². The summed E-state index contributed by atoms with van der Waals surface area (Å²) in [6, 6.07) is 16.2. The van der Waals surface area contributed by atoms with E-state index in [-0.39, 0.29) is 12.9 Å². The highest BCUT2D eigenvalue weighted by Crippen LogP contribution is 2.66. The van der Waals surface area contributed by atoms with Crippen LogP contribution in [0.4, 0.5) is 0 Å². The second-order valence-electron chi connectivity index (χ2n) is 10.0. The third-order valence-corrected chi connectivity index (χ3v) is 11.8. The van der Waals surface area contributed by atoms with Crippen molar-refractivity contribution in [3.8, 4) is 11.5 Å². The lowest BCUT2D eigenvalue weighted by atomic mass is 10.0. The van der Waals surface area contributed by atoms with Crippen LogP contribution >= 0.6 is 13.4 Å². The van der Waals surface area contributed by atoms with Crippen molar-refractivity contribution < 1.29 is 36.6 Å². The van der Waals surface area contributed by atoms with Gasteiger partial charge in [0.1, 0.15) is 24.2 Å². The predicted octanol–water partition coefficient (Wildman–Crippen LogP) is 7.53. The van der Waals surface area contributed by atoms with Crippen molar-refractivity contribution >= 4 is 37.1 Å². The second kappa shape index (κ2) is 21.0. The Kier molecular flexibility index (Phi) is 18.6. The highest BCUT2D eigenvalue weighted by atomic mass is 32.5. The third kappa shape index (κ3) is 15.3. The lowest BCUT2D eigenvalue weighted by Gasteiger charge is -2.29. The summed E-state index contributed by atoms with van der Waals surface area (Å²) < 4.78 is 47.3. The number of hydrogen-bond donors (Lipinski definition) is 0. The van der Waals surface area contributed by atoms with Crippen LogP contribution in [-0.4, -0.2) is 72.0 Å². The van der Waals surface area contributed by atoms with Crippen molar-refractivity contribution in [2.75, 3.05) is 61.0 Å². The first kappa shape index (κ1) is 38.2. The SMILES string of the molecule is CCCOP(=S)(OCCC)OP(=S)(OCCC)OCO[C@H](COc1ccccc1CCc1cccc(OC)c1)CN(C)C. The van der Waals surface area contributed by atoms with Gasteiger partial charge in [-0.2, -0.15) is 0 Å². The van der Waals surface area contributed by atoms with Gasteiger partial charge in [0.2, 0.25) is 0 Å². The molecule has 0 aliphatic heterocycles. The van der Waals surface area contributed by atoms with Crippen molar-refractivity contribution in [1.82, 2.24) is 4.90 Å². The Morgan fingerprint density at radius 3 is 2.02 bits per heavy atom. The first-order chi connectivity index (χ1) is 20.7. The molecule has 0 spiro atoms. The third-order valence-electron chi connectivity index (χ3n) is 5.86. The molecule has 0 amide bonds. The molecule has 2 aromatic rings. The minimum Gasteiger partial charge on any atom is -0.497 e. The van der Waals surface area contributed by atoms with Gasteiger partial charge in [0, 0.05) is 6.54 Å². The Bertz CT molecular complexity index is 1140. The van der Waals surface area contributed by atoms with Crippen molar-refractivity contribution in [1.29, 1.82) is 0 Å². The van der Waals surface area contributed by atoms with E-state index < -0.39 is 13.4 Å². The number of ether oxygens (including phenoxy) is 3. The minimum atomic E-state index is -3.32. The van der Waals surface area contributed by atoms with Gasteiger partial charge in [-0.05, 0) is 99.1 Å². The van der Waals surface area contributed by atoms with Crippen LogP contribution in [0.2, 0.25) is 0 Å². The van der Waals surface area contributed by atoms with E-state index in [0.29, 0.717) is 33.0 Å². The molecule has 0 saturated carbocycles. The number of likely N-dealkylation sites (N-methyl/N-ethyl adjacent to an activating group) is 1. The molecule has 2 aromatic carbocycles. The van der Waals surface area contributed by atoms with E-state index in [0.717, 1.165) is 49.2 Å². The summed E-state index contributed by atoms with van der Waals surface area (Å²) in [6.07, 6.45) is 3.63. The van der Waals surface area contributed by atoms with E-state index in [1.54, 1.807) is 7.11 Å². The number of para-hydroxylation sites is 1. The molecule has 0 aliphatic carbocycles. The molecule has 1 unspecified atom stereocenters. The predicted molar refractivity (Wildman–Crippen MR) is 180 cm³/mol. The lowest BCUT2D eigenvalue weighted by molar-refractivity contribution is -0.0656. The zero-order chi connectivity index (χ0) is 31.6. The number of benzene rings is 2. The Morgan fingerprint density at radius 2 is 1.42 bits per heavy atom. The molecule has 0 aromatic heterocycles. The number of methoxy groups -OCH3 is 1. The van der Waals surface area contributed by atoms with E-state index >= 15 is 0 Å². The van der Waals surface area contributed by atoms with Crippen molar-refractivity contribution in [2.24, 2.45) is 0 Å². The van der Waals surface area contributed by atoms with Crippen molar-refractivity contribution in [2.45, 2.75) is 59.0 Å². The number of rotatable bonds is 24. The van der Waals surface area contributed by atoms with Crippen LogP contribution in [0.1, 0.15) is 51.2 Å². The van der Waals surface area contributed by atoms with E-state index in [9.17, 15) is 0 Å². The molecule has 0 heterocycles. The summed E-state index contributed by atoms with van der Waals surface area (Å²) in [5.41, 5.74) is 2.32. The molecule has 0 N–H and O–H groups in total. The molecule has 9 nitrogen and oxygen atoms in total. The summed E-state index contributed by atoms with van der Waals surface area (Å²) in [4.78, 5) is 2.03. The summed E-state index contributed by atoms with van der Waals surface area (Å²) in [5, 5.41) is 0. The van der Waals surface area contributed by atoms with Crippen molar-refractivity contribution in [3.05, 3.63) is 59.7 Å². The normalized spacial score (nSPS) is 14.0. The van der Waals surface area contributed by atoms with Crippen LogP contribution in [0.25, 0.3) is 0 Å². The molecular formula is C30H49NO8P2S2. The molecule has 0 fully saturated rings. The number of aryl methyl sites for hydroxylation is 2. The van der Waals surface area contributed by atoms with Gasteiger partial charge >= 0.3 is 13.4 Å². The molecular weight excluding hydrogens is 628 g/mol. The minimum absolute atomic E-state index is 0.156. The van der Waals surface area contributed by atoms with Crippen LogP contribution in [0, 0.1) is 0 Å². The maximum Gasteiger partial charge on any atom is 0.336 e. The van der Waals surface area contributed by atoms with Gasteiger partial charge in [0.15, 0.2) is 6.79 Å². The standard InChI is InChI=1S/C30H49NO8P2S2/c1-7-19-35-40(42,36-20-8-2)39-41(43,37-21-9-3)38-25-34-29(23-31(4)5)24-33-30-16-11-10-14-27(30)18-17-26-13-12-15-28(22-26)32-6/h10-16,22,29H,7-9,17-21,23-25H2,1-6H3/t29-,41?/m0/s1. The fourth-order valence-electron chi connectivity index (χ4n) is 3.79. The Labute approximate surface area is 268 Å². The van der Waals surface area contributed by atoms with Crippen LogP contribution in [0.5, 0.6) is 11.5 Å². The molecule has 0 radical (unpaired) electrons. The average Bonchev–Trinajstić information content (AvgIpc) is 3.00. The van der Waals surface area contributed by atoms with Gasteiger partial charge in [0.25, 0.3) is 0 Å². The molecule has 244 valence electrons. The Hall–Kier alpha value is -0.940. The van der Waals surface area contributed by atoms with Gasteiger partial charge in [-0.3, -0.25) is 4.52 Å². The lowest BCUT2D eigenvalue weighted by Crippen LogP contribution is -2.34. The van der Waals surface area contributed by atoms with Crippen LogP contribution < -0.4 is 9.47 Å². The van der Waals surface area contributed by atoms with Gasteiger partial charge in [0.05, 0.1) is 26.9 Å². The first-order valence-corrected chi connectivity index (χ1v) is 19.9. The molecule has 0 saturated heterocycles. The number of hydrogen-bond acceptors (Lipinski definition) is 11. The summed E-state index contributed by atoms with van der Waals surface area (Å²) in [7, 11) is 5.63. The zero-order valence-corrected chi connectivity index (χ0v) is 29.8. The largest absolute Gasteiger partial charge is 0.497 e. The van der Waals surface area contributed by atoms with Crippen LogP contribution in [0.3, 0.4) is 0 Å². The van der Waals surface area contributed by atoms with Gasteiger partial charge in [-0.1, -0.05) is 51.1 Å². The zero-order valence-electron chi connectivity index (χ0n) is 26.4.